The number of ether oxygens (including phenoxy) is 1. The van der Waals surface area contributed by atoms with Gasteiger partial charge in [-0.2, -0.15) is 14.6 Å². The largest absolute Gasteiger partial charge is 0.484 e. The number of thiazole rings is 1. The minimum atomic E-state index is -0.562. The van der Waals surface area contributed by atoms with Crippen molar-refractivity contribution in [3.63, 3.8) is 0 Å². The van der Waals surface area contributed by atoms with Crippen molar-refractivity contribution in [3.05, 3.63) is 96.7 Å². The van der Waals surface area contributed by atoms with Crippen molar-refractivity contribution in [2.24, 2.45) is 5.73 Å². The van der Waals surface area contributed by atoms with Crippen molar-refractivity contribution >= 4 is 28.3 Å². The van der Waals surface area contributed by atoms with Gasteiger partial charge in [-0.1, -0.05) is 53.8 Å². The van der Waals surface area contributed by atoms with Crippen LogP contribution in [0.15, 0.2) is 64.2 Å². The van der Waals surface area contributed by atoms with Gasteiger partial charge in [0.15, 0.2) is 6.61 Å². The molecule has 0 atom stereocenters. The van der Waals surface area contributed by atoms with Crippen molar-refractivity contribution in [1.82, 2.24) is 14.6 Å². The lowest BCUT2D eigenvalue weighted by molar-refractivity contribution is -0.119. The molecule has 2 aromatic heterocycles. The highest BCUT2D eigenvalue weighted by atomic mass is 32.1. The molecule has 8 nitrogen and oxygen atoms in total. The first kappa shape index (κ1) is 19.5. The molecule has 0 aliphatic rings. The molecule has 0 saturated carbocycles. The number of fused-ring (bicyclic) bond motifs is 1. The predicted octanol–water partition coefficient (Wildman–Crippen LogP) is 0.514. The number of amides is 1. The summed E-state index contributed by atoms with van der Waals surface area (Å²) in [6.45, 7) is -0.207. The molecule has 0 spiro atoms. The van der Waals surface area contributed by atoms with Crippen LogP contribution in [0.4, 0.5) is 0 Å². The Hall–Kier alpha value is -3.85. The third-order valence-corrected chi connectivity index (χ3v) is 5.18. The van der Waals surface area contributed by atoms with E-state index in [-0.39, 0.29) is 22.8 Å². The van der Waals surface area contributed by atoms with Gasteiger partial charge in [-0.3, -0.25) is 14.4 Å². The maximum Gasteiger partial charge on any atom is 0.296 e. The topological polar surface area (TPSA) is 117 Å². The first-order chi connectivity index (χ1) is 14.5. The molecule has 4 aromatic rings. The Labute approximate surface area is 173 Å². The molecule has 150 valence electrons. The van der Waals surface area contributed by atoms with Crippen LogP contribution in [0.1, 0.15) is 16.8 Å². The smallest absolute Gasteiger partial charge is 0.296 e. The van der Waals surface area contributed by atoms with Crippen LogP contribution in [0, 0.1) is 0 Å². The van der Waals surface area contributed by atoms with Crippen molar-refractivity contribution in [1.29, 1.82) is 0 Å². The Morgan fingerprint density at radius 1 is 1.10 bits per heavy atom. The maximum atomic E-state index is 12.8. The number of benzene rings is 2. The average molecular weight is 420 g/mol. The molecule has 0 bridgehead atoms. The number of primary amides is 1. The summed E-state index contributed by atoms with van der Waals surface area (Å²) in [5.41, 5.74) is 6.15. The zero-order valence-corrected chi connectivity index (χ0v) is 16.5. The normalized spacial score (nSPS) is 11.7. The molecule has 0 fully saturated rings. The van der Waals surface area contributed by atoms with Gasteiger partial charge in [0, 0.05) is 6.42 Å². The fourth-order valence-electron chi connectivity index (χ4n) is 2.81. The van der Waals surface area contributed by atoms with Gasteiger partial charge < -0.3 is 10.5 Å². The standard InChI is InChI=1S/C21H16N4O4S/c22-18(26)12-29-15-8-6-14(7-9-15)11-17-20(28)25-21(30-17)23-19(27)16(24-25)10-13-4-2-1-3-5-13/h1-9,11H,10,12H2,(H2,22,26)/b17-11-. The first-order valence-electron chi connectivity index (χ1n) is 8.99. The molecule has 9 heteroatoms. The summed E-state index contributed by atoms with van der Waals surface area (Å²) in [7, 11) is 0. The molecule has 1 amide bonds. The fraction of sp³-hybridized carbons (Fsp3) is 0.0952. The lowest BCUT2D eigenvalue weighted by atomic mass is 10.1. The van der Waals surface area contributed by atoms with E-state index in [0.717, 1.165) is 22.5 Å². The van der Waals surface area contributed by atoms with Crippen LogP contribution in [0.2, 0.25) is 0 Å². The van der Waals surface area contributed by atoms with Crippen LogP contribution in [0.3, 0.4) is 0 Å². The Morgan fingerprint density at radius 3 is 2.53 bits per heavy atom. The van der Waals surface area contributed by atoms with Gasteiger partial charge in [-0.05, 0) is 29.3 Å². The molecular formula is C21H16N4O4S. The van der Waals surface area contributed by atoms with Crippen LogP contribution in [-0.4, -0.2) is 27.1 Å². The van der Waals surface area contributed by atoms with E-state index in [9.17, 15) is 14.4 Å². The van der Waals surface area contributed by atoms with E-state index < -0.39 is 11.5 Å². The first-order valence-corrected chi connectivity index (χ1v) is 9.81. The Balaban J connectivity index is 1.67. The molecular weight excluding hydrogens is 404 g/mol. The second-order valence-corrected chi connectivity index (χ2v) is 7.47. The number of carbonyl (C=O) groups excluding carboxylic acids is 1. The quantitative estimate of drug-likeness (QED) is 0.486. The Bertz CT molecular complexity index is 1380. The molecule has 0 aliphatic carbocycles. The molecule has 2 heterocycles. The van der Waals surface area contributed by atoms with Crippen LogP contribution in [0.25, 0.3) is 11.0 Å². The van der Waals surface area contributed by atoms with Gasteiger partial charge in [0.25, 0.3) is 17.0 Å². The summed E-state index contributed by atoms with van der Waals surface area (Å²) in [6.07, 6.45) is 1.99. The lowest BCUT2D eigenvalue weighted by Crippen LogP contribution is -2.28. The third-order valence-electron chi connectivity index (χ3n) is 4.22. The van der Waals surface area contributed by atoms with Crippen LogP contribution in [-0.2, 0) is 11.2 Å². The maximum absolute atomic E-state index is 12.8. The summed E-state index contributed by atoms with van der Waals surface area (Å²) in [6, 6.07) is 16.2. The van der Waals surface area contributed by atoms with Gasteiger partial charge in [0.1, 0.15) is 11.4 Å². The van der Waals surface area contributed by atoms with Crippen molar-refractivity contribution in [3.8, 4) is 5.75 Å². The van der Waals surface area contributed by atoms with E-state index >= 15 is 0 Å². The van der Waals surface area contributed by atoms with Crippen LogP contribution < -0.4 is 26.1 Å². The highest BCUT2D eigenvalue weighted by molar-refractivity contribution is 7.15. The summed E-state index contributed by atoms with van der Waals surface area (Å²) in [4.78, 5) is 40.1. The van der Waals surface area contributed by atoms with Crippen molar-refractivity contribution in [2.75, 3.05) is 6.61 Å². The monoisotopic (exact) mass is 420 g/mol. The van der Waals surface area contributed by atoms with Gasteiger partial charge in [-0.25, -0.2) is 0 Å². The number of carbonyl (C=O) groups is 1. The summed E-state index contributed by atoms with van der Waals surface area (Å²) in [5.74, 6) is -0.0720. The summed E-state index contributed by atoms with van der Waals surface area (Å²) < 4.78 is 6.78. The molecule has 4 rings (SSSR count). The second kappa shape index (κ2) is 8.26. The number of aromatic nitrogens is 3. The molecule has 2 aromatic carbocycles. The minimum Gasteiger partial charge on any atom is -0.484 e. The fourth-order valence-corrected chi connectivity index (χ4v) is 3.71. The van der Waals surface area contributed by atoms with Crippen molar-refractivity contribution in [2.45, 2.75) is 6.42 Å². The molecule has 30 heavy (non-hydrogen) atoms. The summed E-state index contributed by atoms with van der Waals surface area (Å²) >= 11 is 1.10. The number of hydrogen-bond acceptors (Lipinski definition) is 7. The molecule has 0 radical (unpaired) electrons. The number of hydrogen-bond donors (Lipinski definition) is 1. The number of nitrogens with two attached hydrogens (primary N) is 1. The SMILES string of the molecule is NC(=O)COc1ccc(/C=c2\sc3nc(=O)c(Cc4ccccc4)nn3c2=O)cc1. The Kier molecular flexibility index (Phi) is 5.36. The summed E-state index contributed by atoms with van der Waals surface area (Å²) in [5, 5.41) is 4.24. The Morgan fingerprint density at radius 2 is 1.83 bits per heavy atom. The minimum absolute atomic E-state index is 0.207. The molecule has 0 aliphatic heterocycles. The lowest BCUT2D eigenvalue weighted by Gasteiger charge is -2.03. The van der Waals surface area contributed by atoms with Gasteiger partial charge in [-0.15, -0.1) is 0 Å². The van der Waals surface area contributed by atoms with E-state index in [4.69, 9.17) is 10.5 Å². The molecule has 2 N–H and O–H groups in total. The van der Waals surface area contributed by atoms with Crippen molar-refractivity contribution < 1.29 is 9.53 Å². The van der Waals surface area contributed by atoms with E-state index in [1.54, 1.807) is 30.3 Å². The third kappa shape index (κ3) is 4.26. The van der Waals surface area contributed by atoms with E-state index in [1.165, 1.54) is 4.52 Å². The van der Waals surface area contributed by atoms with Gasteiger partial charge in [0.05, 0.1) is 4.53 Å². The van der Waals surface area contributed by atoms with Crippen LogP contribution >= 0.6 is 11.3 Å². The highest BCUT2D eigenvalue weighted by Crippen LogP contribution is 2.12. The second-order valence-electron chi connectivity index (χ2n) is 6.46. The predicted molar refractivity (Wildman–Crippen MR) is 113 cm³/mol. The zero-order chi connectivity index (χ0) is 21.1. The molecule has 0 saturated heterocycles. The van der Waals surface area contributed by atoms with Crippen LogP contribution in [0.5, 0.6) is 5.75 Å². The van der Waals surface area contributed by atoms with Gasteiger partial charge in [0.2, 0.25) is 4.96 Å². The van der Waals surface area contributed by atoms with Gasteiger partial charge >= 0.3 is 0 Å². The zero-order valence-electron chi connectivity index (χ0n) is 15.6. The average Bonchev–Trinajstić information content (AvgIpc) is 3.03. The number of rotatable bonds is 6. The highest BCUT2D eigenvalue weighted by Gasteiger charge is 2.11. The van der Waals surface area contributed by atoms with E-state index in [0.29, 0.717) is 16.7 Å². The number of nitrogens with zero attached hydrogens (tertiary/aromatic N) is 3. The molecule has 0 unspecified atom stereocenters. The van der Waals surface area contributed by atoms with E-state index in [1.807, 2.05) is 30.3 Å². The van der Waals surface area contributed by atoms with E-state index in [2.05, 4.69) is 10.1 Å².